The van der Waals surface area contributed by atoms with Crippen LogP contribution in [-0.4, -0.2) is 0 Å². The summed E-state index contributed by atoms with van der Waals surface area (Å²) in [6, 6.07) is 6.53. The highest BCUT2D eigenvalue weighted by Crippen LogP contribution is 2.27. The van der Waals surface area contributed by atoms with Crippen LogP contribution in [0.25, 0.3) is 0 Å². The molecule has 2 heteroatoms. The highest BCUT2D eigenvalue weighted by molar-refractivity contribution is 5.23. The van der Waals surface area contributed by atoms with Gasteiger partial charge >= 0.3 is 0 Å². The quantitative estimate of drug-likeness (QED) is 0.806. The van der Waals surface area contributed by atoms with Crippen molar-refractivity contribution < 1.29 is 4.39 Å². The Kier molecular flexibility index (Phi) is 4.48. The van der Waals surface area contributed by atoms with Gasteiger partial charge in [-0.3, -0.25) is 0 Å². The van der Waals surface area contributed by atoms with E-state index in [9.17, 15) is 4.39 Å². The molecule has 0 saturated carbocycles. The van der Waals surface area contributed by atoms with Gasteiger partial charge in [-0.25, -0.2) is 4.39 Å². The zero-order valence-electron chi connectivity index (χ0n) is 10.5. The Morgan fingerprint density at radius 1 is 1.31 bits per heavy atom. The van der Waals surface area contributed by atoms with Crippen LogP contribution in [0.3, 0.4) is 0 Å². The first-order valence-electron chi connectivity index (χ1n) is 6.00. The average Bonchev–Trinajstić information content (AvgIpc) is 2.17. The maximum Gasteiger partial charge on any atom is 0.123 e. The standard InChI is InChI=1S/C14H22FN/c1-4-5-11(2)10-14(3,16)12-6-8-13(15)9-7-12/h6-9,11H,4-5,10,16H2,1-3H3. The number of hydrogen-bond donors (Lipinski definition) is 1. The molecule has 2 unspecified atom stereocenters. The molecule has 0 aliphatic rings. The number of nitrogens with two attached hydrogens (primary N) is 1. The van der Waals surface area contributed by atoms with Crippen molar-refractivity contribution in [1.82, 2.24) is 0 Å². The fraction of sp³-hybridized carbons (Fsp3) is 0.571. The molecule has 1 aromatic rings. The molecular weight excluding hydrogens is 201 g/mol. The second kappa shape index (κ2) is 5.44. The second-order valence-electron chi connectivity index (χ2n) is 5.02. The van der Waals surface area contributed by atoms with Crippen molar-refractivity contribution >= 4 is 0 Å². The van der Waals surface area contributed by atoms with Crippen LogP contribution in [0.15, 0.2) is 24.3 Å². The van der Waals surface area contributed by atoms with Crippen molar-refractivity contribution in [3.05, 3.63) is 35.6 Å². The summed E-state index contributed by atoms with van der Waals surface area (Å²) in [6.07, 6.45) is 3.31. The minimum atomic E-state index is -0.359. The molecular formula is C14H22FN. The summed E-state index contributed by atoms with van der Waals surface area (Å²) in [5.74, 6) is 0.395. The van der Waals surface area contributed by atoms with E-state index in [0.717, 1.165) is 12.0 Å². The van der Waals surface area contributed by atoms with Crippen molar-refractivity contribution in [2.75, 3.05) is 0 Å². The Labute approximate surface area is 97.9 Å². The largest absolute Gasteiger partial charge is 0.322 e. The Hall–Kier alpha value is -0.890. The summed E-state index contributed by atoms with van der Waals surface area (Å²) in [5.41, 5.74) is 6.95. The van der Waals surface area contributed by atoms with Crippen molar-refractivity contribution in [3.63, 3.8) is 0 Å². The summed E-state index contributed by atoms with van der Waals surface area (Å²) < 4.78 is 12.8. The van der Waals surface area contributed by atoms with E-state index in [2.05, 4.69) is 13.8 Å². The first kappa shape index (κ1) is 13.2. The SMILES string of the molecule is CCCC(C)CC(C)(N)c1ccc(F)cc1. The number of halogens is 1. The van der Waals surface area contributed by atoms with E-state index in [1.54, 1.807) is 12.1 Å². The number of rotatable bonds is 5. The minimum absolute atomic E-state index is 0.207. The lowest BCUT2D eigenvalue weighted by Gasteiger charge is -2.28. The van der Waals surface area contributed by atoms with Crippen LogP contribution < -0.4 is 5.73 Å². The van der Waals surface area contributed by atoms with Crippen LogP contribution in [0, 0.1) is 11.7 Å². The van der Waals surface area contributed by atoms with Crippen molar-refractivity contribution in [2.24, 2.45) is 11.7 Å². The van der Waals surface area contributed by atoms with E-state index in [-0.39, 0.29) is 11.4 Å². The van der Waals surface area contributed by atoms with Gasteiger partial charge in [0.2, 0.25) is 0 Å². The van der Waals surface area contributed by atoms with Gasteiger partial charge in [-0.2, -0.15) is 0 Å². The zero-order valence-corrected chi connectivity index (χ0v) is 10.5. The zero-order chi connectivity index (χ0) is 12.2. The van der Waals surface area contributed by atoms with Gasteiger partial charge in [0.05, 0.1) is 0 Å². The van der Waals surface area contributed by atoms with Gasteiger partial charge < -0.3 is 5.73 Å². The molecule has 0 fully saturated rings. The molecule has 0 spiro atoms. The molecule has 0 amide bonds. The topological polar surface area (TPSA) is 26.0 Å². The third kappa shape index (κ3) is 3.60. The fourth-order valence-electron chi connectivity index (χ4n) is 2.27. The molecule has 0 radical (unpaired) electrons. The fourth-order valence-corrected chi connectivity index (χ4v) is 2.27. The minimum Gasteiger partial charge on any atom is -0.322 e. The van der Waals surface area contributed by atoms with Crippen LogP contribution in [-0.2, 0) is 5.54 Å². The molecule has 16 heavy (non-hydrogen) atoms. The van der Waals surface area contributed by atoms with Gasteiger partial charge in [-0.1, -0.05) is 38.8 Å². The molecule has 0 aromatic heterocycles. The normalized spacial score (nSPS) is 16.8. The van der Waals surface area contributed by atoms with Crippen molar-refractivity contribution in [2.45, 2.75) is 45.6 Å². The van der Waals surface area contributed by atoms with E-state index in [0.29, 0.717) is 5.92 Å². The van der Waals surface area contributed by atoms with Crippen molar-refractivity contribution in [1.29, 1.82) is 0 Å². The Morgan fingerprint density at radius 3 is 2.38 bits per heavy atom. The second-order valence-corrected chi connectivity index (χ2v) is 5.02. The maximum atomic E-state index is 12.8. The molecule has 0 saturated heterocycles. The third-order valence-electron chi connectivity index (χ3n) is 3.06. The van der Waals surface area contributed by atoms with E-state index in [1.807, 2.05) is 6.92 Å². The van der Waals surface area contributed by atoms with Crippen LogP contribution in [0.4, 0.5) is 4.39 Å². The van der Waals surface area contributed by atoms with E-state index in [1.165, 1.54) is 25.0 Å². The smallest absolute Gasteiger partial charge is 0.123 e. The van der Waals surface area contributed by atoms with Crippen LogP contribution in [0.1, 0.15) is 45.6 Å². The summed E-state index contributed by atoms with van der Waals surface area (Å²) in [5, 5.41) is 0. The van der Waals surface area contributed by atoms with Gasteiger partial charge in [-0.05, 0) is 37.0 Å². The summed E-state index contributed by atoms with van der Waals surface area (Å²) in [7, 11) is 0. The van der Waals surface area contributed by atoms with Gasteiger partial charge in [0.15, 0.2) is 0 Å². The molecule has 2 atom stereocenters. The van der Waals surface area contributed by atoms with Gasteiger partial charge in [0.25, 0.3) is 0 Å². The van der Waals surface area contributed by atoms with E-state index in [4.69, 9.17) is 5.73 Å². The summed E-state index contributed by atoms with van der Waals surface area (Å²) >= 11 is 0. The maximum absolute atomic E-state index is 12.8. The molecule has 0 heterocycles. The summed E-state index contributed by atoms with van der Waals surface area (Å²) in [6.45, 7) is 6.42. The highest BCUT2D eigenvalue weighted by Gasteiger charge is 2.23. The lowest BCUT2D eigenvalue weighted by Crippen LogP contribution is -2.34. The van der Waals surface area contributed by atoms with E-state index < -0.39 is 0 Å². The average molecular weight is 223 g/mol. The van der Waals surface area contributed by atoms with Gasteiger partial charge in [0, 0.05) is 5.54 Å². The Balaban J connectivity index is 2.72. The monoisotopic (exact) mass is 223 g/mol. The Morgan fingerprint density at radius 2 is 1.88 bits per heavy atom. The van der Waals surface area contributed by atoms with Crippen LogP contribution >= 0.6 is 0 Å². The molecule has 2 N–H and O–H groups in total. The highest BCUT2D eigenvalue weighted by atomic mass is 19.1. The Bertz CT molecular complexity index is 316. The van der Waals surface area contributed by atoms with Gasteiger partial charge in [0.1, 0.15) is 5.82 Å². The molecule has 0 aliphatic heterocycles. The molecule has 1 nitrogen and oxygen atoms in total. The molecule has 0 aliphatic carbocycles. The first-order valence-corrected chi connectivity index (χ1v) is 6.00. The molecule has 0 bridgehead atoms. The molecule has 1 aromatic carbocycles. The lowest BCUT2D eigenvalue weighted by atomic mass is 9.83. The third-order valence-corrected chi connectivity index (χ3v) is 3.06. The first-order chi connectivity index (χ1) is 7.45. The number of hydrogen-bond acceptors (Lipinski definition) is 1. The van der Waals surface area contributed by atoms with Crippen LogP contribution in [0.5, 0.6) is 0 Å². The van der Waals surface area contributed by atoms with Gasteiger partial charge in [-0.15, -0.1) is 0 Å². The van der Waals surface area contributed by atoms with Crippen LogP contribution in [0.2, 0.25) is 0 Å². The van der Waals surface area contributed by atoms with Crippen molar-refractivity contribution in [3.8, 4) is 0 Å². The number of benzene rings is 1. The predicted molar refractivity (Wildman–Crippen MR) is 66.6 cm³/mol. The molecule has 1 rings (SSSR count). The van der Waals surface area contributed by atoms with E-state index >= 15 is 0 Å². The molecule has 90 valence electrons. The summed E-state index contributed by atoms with van der Waals surface area (Å²) in [4.78, 5) is 0. The predicted octanol–water partition coefficient (Wildman–Crippen LogP) is 3.83. The lowest BCUT2D eigenvalue weighted by molar-refractivity contribution is 0.346.